The highest BCUT2D eigenvalue weighted by Gasteiger charge is 2.22. The zero-order valence-electron chi connectivity index (χ0n) is 17.3. The molecule has 3 rings (SSSR count). The van der Waals surface area contributed by atoms with E-state index in [9.17, 15) is 4.79 Å². The molecule has 0 aromatic heterocycles. The number of benzene rings is 2. The van der Waals surface area contributed by atoms with E-state index >= 15 is 0 Å². The molecule has 6 heteroatoms. The van der Waals surface area contributed by atoms with E-state index in [-0.39, 0.29) is 18.4 Å². The molecule has 0 N–H and O–H groups in total. The predicted molar refractivity (Wildman–Crippen MR) is 119 cm³/mol. The summed E-state index contributed by atoms with van der Waals surface area (Å²) in [5.74, 6) is 0.700. The van der Waals surface area contributed by atoms with Crippen LogP contribution in [-0.4, -0.2) is 43.3 Å². The maximum Gasteiger partial charge on any atom is 0.325 e. The van der Waals surface area contributed by atoms with Crippen molar-refractivity contribution in [3.05, 3.63) is 53.6 Å². The quantitative estimate of drug-likeness (QED) is 0.379. The average Bonchev–Trinajstić information content (AvgIpc) is 2.70. The van der Waals surface area contributed by atoms with Crippen LogP contribution in [0.4, 0.5) is 5.69 Å². The van der Waals surface area contributed by atoms with Crippen molar-refractivity contribution in [2.24, 2.45) is 4.99 Å². The number of nitrogens with zero attached hydrogens (tertiary/aromatic N) is 2. The Balaban J connectivity index is 0.00000300. The third kappa shape index (κ3) is 6.58. The smallest absolute Gasteiger partial charge is 0.325 e. The van der Waals surface area contributed by atoms with E-state index < -0.39 is 0 Å². The van der Waals surface area contributed by atoms with Gasteiger partial charge in [0, 0.05) is 12.3 Å². The van der Waals surface area contributed by atoms with Crippen molar-refractivity contribution in [2.45, 2.75) is 39.2 Å². The van der Waals surface area contributed by atoms with Crippen molar-refractivity contribution in [1.82, 2.24) is 4.90 Å². The Hall–Kier alpha value is -2.37. The van der Waals surface area contributed by atoms with Gasteiger partial charge in [-0.3, -0.25) is 14.7 Å². The fourth-order valence-electron chi connectivity index (χ4n) is 3.34. The maximum atomic E-state index is 12.4. The molecular formula is C23H29ClN2O3. The van der Waals surface area contributed by atoms with Gasteiger partial charge in [0.1, 0.15) is 0 Å². The van der Waals surface area contributed by atoms with Gasteiger partial charge < -0.3 is 9.47 Å². The average molecular weight is 417 g/mol. The Labute approximate surface area is 179 Å². The fraction of sp³-hybridized carbons (Fsp3) is 0.391. The summed E-state index contributed by atoms with van der Waals surface area (Å²) in [6, 6.07) is 13.9. The van der Waals surface area contributed by atoms with Gasteiger partial charge in [-0.15, -0.1) is 12.4 Å². The number of carbonyl (C=O) groups is 1. The number of hydrogen-bond donors (Lipinski definition) is 0. The van der Waals surface area contributed by atoms with Crippen molar-refractivity contribution in [3.63, 3.8) is 0 Å². The van der Waals surface area contributed by atoms with Gasteiger partial charge in [-0.05, 0) is 69.1 Å². The number of aryl methyl sites for hydroxylation is 1. The summed E-state index contributed by atoms with van der Waals surface area (Å²) in [5, 5.41) is 0. The zero-order valence-corrected chi connectivity index (χ0v) is 18.1. The molecule has 1 saturated heterocycles. The lowest BCUT2D eigenvalue weighted by Crippen LogP contribution is -2.41. The minimum Gasteiger partial charge on any atom is -0.493 e. The van der Waals surface area contributed by atoms with Gasteiger partial charge in [0.15, 0.2) is 11.5 Å². The summed E-state index contributed by atoms with van der Waals surface area (Å²) in [4.78, 5) is 19.0. The second kappa shape index (κ2) is 11.0. The van der Waals surface area contributed by atoms with Gasteiger partial charge in [0.2, 0.25) is 0 Å². The Bertz CT molecular complexity index is 837. The summed E-state index contributed by atoms with van der Waals surface area (Å²) in [6.45, 7) is 5.46. The van der Waals surface area contributed by atoms with Crippen LogP contribution in [0.3, 0.4) is 0 Å². The van der Waals surface area contributed by atoms with Crippen molar-refractivity contribution in [3.8, 4) is 11.5 Å². The number of rotatable bonds is 6. The van der Waals surface area contributed by atoms with E-state index in [2.05, 4.69) is 16.8 Å². The fourth-order valence-corrected chi connectivity index (χ4v) is 3.34. The Morgan fingerprint density at radius 1 is 1.17 bits per heavy atom. The highest BCUT2D eigenvalue weighted by Crippen LogP contribution is 2.28. The molecule has 5 nitrogen and oxygen atoms in total. The van der Waals surface area contributed by atoms with E-state index in [1.807, 2.05) is 43.3 Å². The monoisotopic (exact) mass is 416 g/mol. The predicted octanol–water partition coefficient (Wildman–Crippen LogP) is 4.96. The molecule has 156 valence electrons. The first kappa shape index (κ1) is 22.9. The number of carbonyl (C=O) groups excluding carboxylic acids is 1. The van der Waals surface area contributed by atoms with Crippen LogP contribution in [0.5, 0.6) is 11.5 Å². The van der Waals surface area contributed by atoms with Gasteiger partial charge >= 0.3 is 5.97 Å². The van der Waals surface area contributed by atoms with Crippen LogP contribution in [0.15, 0.2) is 47.5 Å². The second-order valence-electron chi connectivity index (χ2n) is 7.29. The van der Waals surface area contributed by atoms with Gasteiger partial charge in [-0.1, -0.05) is 24.1 Å². The summed E-state index contributed by atoms with van der Waals surface area (Å²) in [7, 11) is 1.57. The molecule has 1 fully saturated rings. The van der Waals surface area contributed by atoms with Crippen molar-refractivity contribution in [1.29, 1.82) is 0 Å². The highest BCUT2D eigenvalue weighted by atomic mass is 35.5. The molecule has 29 heavy (non-hydrogen) atoms. The lowest BCUT2D eigenvalue weighted by atomic mass is 10.0. The van der Waals surface area contributed by atoms with Gasteiger partial charge in [0.25, 0.3) is 0 Å². The lowest BCUT2D eigenvalue weighted by molar-refractivity contribution is -0.136. The Morgan fingerprint density at radius 3 is 2.62 bits per heavy atom. The molecule has 1 aliphatic heterocycles. The second-order valence-corrected chi connectivity index (χ2v) is 7.29. The minimum atomic E-state index is -0.256. The summed E-state index contributed by atoms with van der Waals surface area (Å²) >= 11 is 0. The number of halogens is 1. The normalized spacial score (nSPS) is 17.0. The molecular weight excluding hydrogens is 388 g/mol. The lowest BCUT2D eigenvalue weighted by Gasteiger charge is -2.32. The van der Waals surface area contributed by atoms with E-state index in [0.29, 0.717) is 24.1 Å². The summed E-state index contributed by atoms with van der Waals surface area (Å²) < 4.78 is 11.0. The number of methoxy groups -OCH3 is 1. The summed E-state index contributed by atoms with van der Waals surface area (Å²) in [5.41, 5.74) is 2.96. The largest absolute Gasteiger partial charge is 0.493 e. The van der Waals surface area contributed by atoms with E-state index in [1.165, 1.54) is 12.0 Å². The number of esters is 1. The van der Waals surface area contributed by atoms with Crippen LogP contribution in [0, 0.1) is 6.92 Å². The van der Waals surface area contributed by atoms with Gasteiger partial charge in [0.05, 0.1) is 19.3 Å². The number of ether oxygens (including phenoxy) is 2. The number of likely N-dealkylation sites (tertiary alicyclic amines) is 1. The molecule has 0 aliphatic carbocycles. The Morgan fingerprint density at radius 2 is 1.93 bits per heavy atom. The van der Waals surface area contributed by atoms with Crippen LogP contribution in [0.25, 0.3) is 0 Å². The molecule has 0 amide bonds. The van der Waals surface area contributed by atoms with Crippen molar-refractivity contribution in [2.75, 3.05) is 20.2 Å². The molecule has 2 aromatic rings. The molecule has 1 unspecified atom stereocenters. The molecule has 0 spiro atoms. The van der Waals surface area contributed by atoms with Crippen LogP contribution in [-0.2, 0) is 4.79 Å². The zero-order chi connectivity index (χ0) is 19.9. The van der Waals surface area contributed by atoms with Gasteiger partial charge in [-0.2, -0.15) is 0 Å². The van der Waals surface area contributed by atoms with E-state index in [1.54, 1.807) is 19.4 Å². The highest BCUT2D eigenvalue weighted by molar-refractivity contribution is 5.85. The third-order valence-electron chi connectivity index (χ3n) is 5.08. The number of piperidine rings is 1. The minimum absolute atomic E-state index is 0. The van der Waals surface area contributed by atoms with E-state index in [4.69, 9.17) is 9.47 Å². The first-order valence-electron chi connectivity index (χ1n) is 9.78. The summed E-state index contributed by atoms with van der Waals surface area (Å²) in [6.07, 6.45) is 5.27. The first-order chi connectivity index (χ1) is 13.5. The third-order valence-corrected chi connectivity index (χ3v) is 5.08. The topological polar surface area (TPSA) is 51.1 Å². The number of aliphatic imine (C=N–C) groups is 1. The molecule has 1 atom stereocenters. The van der Waals surface area contributed by atoms with Crippen LogP contribution in [0.2, 0.25) is 0 Å². The molecule has 0 radical (unpaired) electrons. The van der Waals surface area contributed by atoms with Crippen LogP contribution >= 0.6 is 12.4 Å². The molecule has 1 heterocycles. The standard InChI is InChI=1S/C23H28N2O3.ClH/c1-17-7-10-20(11-8-17)24-15-19-9-12-21(22(14-19)27-3)28-23(26)16-25-13-5-4-6-18(25)2;/h7-12,14-15,18H,4-6,13,16H2,1-3H3;1H. The maximum absolute atomic E-state index is 12.4. The van der Waals surface area contributed by atoms with Crippen molar-refractivity contribution >= 4 is 30.3 Å². The van der Waals surface area contributed by atoms with E-state index in [0.717, 1.165) is 30.6 Å². The first-order valence-corrected chi connectivity index (χ1v) is 9.78. The van der Waals surface area contributed by atoms with Crippen LogP contribution < -0.4 is 9.47 Å². The molecule has 0 saturated carbocycles. The Kier molecular flexibility index (Phi) is 8.68. The molecule has 1 aliphatic rings. The SMILES string of the molecule is COc1cc(C=Nc2ccc(C)cc2)ccc1OC(=O)CN1CCCCC1C.Cl. The molecule has 2 aromatic carbocycles. The van der Waals surface area contributed by atoms with Gasteiger partial charge in [-0.25, -0.2) is 0 Å². The number of hydrogen-bond acceptors (Lipinski definition) is 5. The van der Waals surface area contributed by atoms with Crippen molar-refractivity contribution < 1.29 is 14.3 Å². The molecule has 0 bridgehead atoms. The van der Waals surface area contributed by atoms with Crippen LogP contribution in [0.1, 0.15) is 37.3 Å².